The van der Waals surface area contributed by atoms with Crippen molar-refractivity contribution in [2.45, 2.75) is 39.0 Å². The molecule has 6 nitrogen and oxygen atoms in total. The number of amides is 1. The van der Waals surface area contributed by atoms with Crippen molar-refractivity contribution in [1.29, 1.82) is 0 Å². The normalized spacial score (nSPS) is 10.6. The second kappa shape index (κ2) is 14.7. The Morgan fingerprint density at radius 2 is 1.32 bits per heavy atom. The van der Waals surface area contributed by atoms with E-state index in [-0.39, 0.29) is 18.3 Å². The van der Waals surface area contributed by atoms with Crippen LogP contribution >= 0.6 is 0 Å². The molecule has 0 atom stereocenters. The first-order valence-electron chi connectivity index (χ1n) is 12.7. The molecule has 0 bridgehead atoms. The number of carbonyl (C=O) groups excluding carboxylic acids is 2. The average Bonchev–Trinajstić information content (AvgIpc) is 2.91. The molecule has 3 aromatic carbocycles. The van der Waals surface area contributed by atoms with Crippen LogP contribution in [-0.4, -0.2) is 50.7 Å². The van der Waals surface area contributed by atoms with E-state index in [1.165, 1.54) is 18.2 Å². The number of ether oxygens (including phenoxy) is 3. The van der Waals surface area contributed by atoms with Gasteiger partial charge in [-0.2, -0.15) is 0 Å². The molecule has 0 aliphatic rings. The van der Waals surface area contributed by atoms with Crippen molar-refractivity contribution in [1.82, 2.24) is 4.90 Å². The highest BCUT2D eigenvalue weighted by Gasteiger charge is 2.10. The second-order valence-corrected chi connectivity index (χ2v) is 9.18. The van der Waals surface area contributed by atoms with Gasteiger partial charge in [-0.3, -0.25) is 9.59 Å². The Labute approximate surface area is 220 Å². The molecule has 0 aromatic heterocycles. The van der Waals surface area contributed by atoms with Crippen molar-refractivity contribution in [2.24, 2.45) is 0 Å². The topological polar surface area (TPSA) is 65.1 Å². The third-order valence-electron chi connectivity index (χ3n) is 6.10. The van der Waals surface area contributed by atoms with Crippen LogP contribution in [0.3, 0.4) is 0 Å². The van der Waals surface area contributed by atoms with Gasteiger partial charge in [0.2, 0.25) is 5.91 Å². The lowest BCUT2D eigenvalue weighted by molar-refractivity contribution is -0.139. The largest absolute Gasteiger partial charge is 0.494 e. The number of esters is 1. The molecule has 0 aliphatic heterocycles. The SMILES string of the molecule is COC(=O)Cc1ccc(OCCCCOc2ccc(CC(=O)N(C)CCc3cccc(C)c3)cc2)cc1. The number of hydrogen-bond donors (Lipinski definition) is 0. The molecule has 0 spiro atoms. The molecule has 0 radical (unpaired) electrons. The fraction of sp³-hybridized carbons (Fsp3) is 0.355. The molecule has 0 fully saturated rings. The summed E-state index contributed by atoms with van der Waals surface area (Å²) < 4.78 is 16.3. The van der Waals surface area contributed by atoms with Gasteiger partial charge in [0.1, 0.15) is 11.5 Å². The number of rotatable bonds is 14. The molecular weight excluding hydrogens is 466 g/mol. The minimum absolute atomic E-state index is 0.111. The van der Waals surface area contributed by atoms with E-state index in [2.05, 4.69) is 35.9 Å². The van der Waals surface area contributed by atoms with E-state index in [1.54, 1.807) is 4.90 Å². The van der Waals surface area contributed by atoms with E-state index >= 15 is 0 Å². The zero-order valence-electron chi connectivity index (χ0n) is 22.1. The minimum Gasteiger partial charge on any atom is -0.494 e. The van der Waals surface area contributed by atoms with Crippen LogP contribution in [0.25, 0.3) is 0 Å². The maximum Gasteiger partial charge on any atom is 0.309 e. The summed E-state index contributed by atoms with van der Waals surface area (Å²) >= 11 is 0. The molecule has 1 amide bonds. The molecule has 0 N–H and O–H groups in total. The zero-order valence-corrected chi connectivity index (χ0v) is 22.1. The Bertz CT molecular complexity index is 1130. The summed E-state index contributed by atoms with van der Waals surface area (Å²) in [4.78, 5) is 25.7. The summed E-state index contributed by atoms with van der Waals surface area (Å²) in [6.45, 7) is 3.98. The fourth-order valence-electron chi connectivity index (χ4n) is 3.83. The number of nitrogens with zero attached hydrogens (tertiary/aromatic N) is 1. The lowest BCUT2D eigenvalue weighted by atomic mass is 10.1. The average molecular weight is 504 g/mol. The van der Waals surface area contributed by atoms with Crippen LogP contribution in [0, 0.1) is 6.92 Å². The monoisotopic (exact) mass is 503 g/mol. The van der Waals surface area contributed by atoms with Crippen LogP contribution in [0.15, 0.2) is 72.8 Å². The third-order valence-corrected chi connectivity index (χ3v) is 6.10. The highest BCUT2D eigenvalue weighted by atomic mass is 16.5. The summed E-state index contributed by atoms with van der Waals surface area (Å²) in [5.74, 6) is 1.43. The highest BCUT2D eigenvalue weighted by molar-refractivity contribution is 5.78. The van der Waals surface area contributed by atoms with Crippen LogP contribution < -0.4 is 9.47 Å². The lowest BCUT2D eigenvalue weighted by Crippen LogP contribution is -2.30. The lowest BCUT2D eigenvalue weighted by Gasteiger charge is -2.17. The molecular formula is C31H37NO5. The predicted octanol–water partition coefficient (Wildman–Crippen LogP) is 5.19. The zero-order chi connectivity index (χ0) is 26.5. The first-order valence-corrected chi connectivity index (χ1v) is 12.7. The standard InChI is InChI=1S/C31H37NO5/c1-24-7-6-8-25(21-24)17-18-32(2)30(33)22-26-9-13-28(14-10-26)36-19-4-5-20-37-29-15-11-27(12-16-29)23-31(34)35-3/h6-16,21H,4-5,17-20,22-23H2,1-3H3. The van der Waals surface area contributed by atoms with Gasteiger partial charge in [-0.05, 0) is 67.1 Å². The van der Waals surface area contributed by atoms with E-state index < -0.39 is 0 Å². The van der Waals surface area contributed by atoms with E-state index in [0.29, 0.717) is 26.2 Å². The minimum atomic E-state index is -0.256. The quantitative estimate of drug-likeness (QED) is 0.224. The van der Waals surface area contributed by atoms with E-state index in [4.69, 9.17) is 9.47 Å². The first-order chi connectivity index (χ1) is 17.9. The van der Waals surface area contributed by atoms with Gasteiger partial charge >= 0.3 is 5.97 Å². The number of aryl methyl sites for hydroxylation is 1. The fourth-order valence-corrected chi connectivity index (χ4v) is 3.83. The molecule has 3 rings (SSSR count). The van der Waals surface area contributed by atoms with Gasteiger partial charge in [-0.25, -0.2) is 0 Å². The van der Waals surface area contributed by atoms with Crippen molar-refractivity contribution < 1.29 is 23.8 Å². The Hall–Kier alpha value is -3.80. The molecule has 0 saturated heterocycles. The van der Waals surface area contributed by atoms with Crippen molar-refractivity contribution in [3.63, 3.8) is 0 Å². The van der Waals surface area contributed by atoms with Crippen molar-refractivity contribution >= 4 is 11.9 Å². The van der Waals surface area contributed by atoms with Gasteiger partial charge in [0.25, 0.3) is 0 Å². The van der Waals surface area contributed by atoms with Crippen molar-refractivity contribution in [3.8, 4) is 11.5 Å². The van der Waals surface area contributed by atoms with Gasteiger partial charge in [-0.15, -0.1) is 0 Å². The van der Waals surface area contributed by atoms with Gasteiger partial charge in [0.05, 0.1) is 33.2 Å². The van der Waals surface area contributed by atoms with Crippen molar-refractivity contribution in [2.75, 3.05) is 33.9 Å². The van der Waals surface area contributed by atoms with E-state index in [1.807, 2.05) is 55.6 Å². The van der Waals surface area contributed by atoms with Gasteiger partial charge in [0, 0.05) is 13.6 Å². The first kappa shape index (κ1) is 27.8. The van der Waals surface area contributed by atoms with Crippen LogP contribution in [0.2, 0.25) is 0 Å². The maximum absolute atomic E-state index is 12.6. The molecule has 3 aromatic rings. The Balaban J connectivity index is 1.29. The van der Waals surface area contributed by atoms with Crippen LogP contribution in [0.1, 0.15) is 35.1 Å². The van der Waals surface area contributed by atoms with Gasteiger partial charge in [0.15, 0.2) is 0 Å². The highest BCUT2D eigenvalue weighted by Crippen LogP contribution is 2.15. The summed E-state index contributed by atoms with van der Waals surface area (Å²) in [5.41, 5.74) is 4.36. The second-order valence-electron chi connectivity index (χ2n) is 9.18. The summed E-state index contributed by atoms with van der Waals surface area (Å²) in [5, 5.41) is 0. The molecule has 37 heavy (non-hydrogen) atoms. The summed E-state index contributed by atoms with van der Waals surface area (Å²) in [6, 6.07) is 23.6. The molecule has 0 unspecified atom stereocenters. The number of likely N-dealkylation sites (N-methyl/N-ethyl adjacent to an activating group) is 1. The predicted molar refractivity (Wildman–Crippen MR) is 145 cm³/mol. The van der Waals surface area contributed by atoms with E-state index in [0.717, 1.165) is 41.9 Å². The van der Waals surface area contributed by atoms with Gasteiger partial charge in [-0.1, -0.05) is 54.1 Å². The Kier molecular flexibility index (Phi) is 11.0. The molecule has 0 heterocycles. The van der Waals surface area contributed by atoms with Crippen LogP contribution in [-0.2, 0) is 33.6 Å². The maximum atomic E-state index is 12.6. The van der Waals surface area contributed by atoms with Gasteiger partial charge < -0.3 is 19.1 Å². The summed E-state index contributed by atoms with van der Waals surface area (Å²) in [6.07, 6.45) is 3.23. The van der Waals surface area contributed by atoms with Crippen LogP contribution in [0.5, 0.6) is 11.5 Å². The summed E-state index contributed by atoms with van der Waals surface area (Å²) in [7, 11) is 3.25. The number of methoxy groups -OCH3 is 1. The smallest absolute Gasteiger partial charge is 0.309 e. The van der Waals surface area contributed by atoms with Crippen LogP contribution in [0.4, 0.5) is 0 Å². The number of unbranched alkanes of at least 4 members (excludes halogenated alkanes) is 1. The third kappa shape index (κ3) is 10.00. The molecule has 6 heteroatoms. The Morgan fingerprint density at radius 3 is 1.86 bits per heavy atom. The molecule has 0 saturated carbocycles. The number of hydrogen-bond acceptors (Lipinski definition) is 5. The number of benzene rings is 3. The molecule has 196 valence electrons. The number of carbonyl (C=O) groups is 2. The van der Waals surface area contributed by atoms with Crippen molar-refractivity contribution in [3.05, 3.63) is 95.1 Å². The molecule has 0 aliphatic carbocycles. The Morgan fingerprint density at radius 1 is 0.757 bits per heavy atom. The van der Waals surface area contributed by atoms with E-state index in [9.17, 15) is 9.59 Å².